The number of rotatable bonds is 8. The van der Waals surface area contributed by atoms with Gasteiger partial charge in [-0.25, -0.2) is 0 Å². The summed E-state index contributed by atoms with van der Waals surface area (Å²) in [7, 11) is 3.79. The molecular formula is C19H20F3N7O. The number of hydrogen-bond donors (Lipinski definition) is 2. The van der Waals surface area contributed by atoms with Gasteiger partial charge in [0.1, 0.15) is 0 Å². The largest absolute Gasteiger partial charge is 0.454 e. The Bertz CT molecular complexity index is 968. The molecule has 3 rings (SSSR count). The van der Waals surface area contributed by atoms with Crippen molar-refractivity contribution < 1.29 is 17.9 Å². The van der Waals surface area contributed by atoms with Crippen LogP contribution >= 0.6 is 0 Å². The normalized spacial score (nSPS) is 11.1. The molecule has 0 radical (unpaired) electrons. The number of pyridine rings is 1. The second-order valence-corrected chi connectivity index (χ2v) is 6.41. The molecule has 2 N–H and O–H groups in total. The van der Waals surface area contributed by atoms with Crippen molar-refractivity contribution in [3.05, 3.63) is 54.4 Å². The second-order valence-electron chi connectivity index (χ2n) is 6.41. The van der Waals surface area contributed by atoms with Crippen LogP contribution in [0.15, 0.2) is 48.7 Å². The van der Waals surface area contributed by atoms with E-state index in [1.165, 1.54) is 0 Å². The van der Waals surface area contributed by atoms with Gasteiger partial charge in [0.25, 0.3) is 0 Å². The Balaban J connectivity index is 1.82. The highest BCUT2D eigenvalue weighted by Crippen LogP contribution is 2.22. The van der Waals surface area contributed by atoms with E-state index in [9.17, 15) is 13.2 Å². The smallest absolute Gasteiger partial charge is 0.422 e. The summed E-state index contributed by atoms with van der Waals surface area (Å²) >= 11 is 0. The van der Waals surface area contributed by atoms with Crippen molar-refractivity contribution in [3.8, 4) is 6.01 Å². The maximum absolute atomic E-state index is 12.5. The summed E-state index contributed by atoms with van der Waals surface area (Å²) in [5, 5.41) is 5.89. The summed E-state index contributed by atoms with van der Waals surface area (Å²) < 4.78 is 42.3. The van der Waals surface area contributed by atoms with Crippen LogP contribution in [0, 0.1) is 0 Å². The van der Waals surface area contributed by atoms with E-state index < -0.39 is 18.8 Å². The van der Waals surface area contributed by atoms with Gasteiger partial charge < -0.3 is 20.3 Å². The minimum Gasteiger partial charge on any atom is -0.454 e. The summed E-state index contributed by atoms with van der Waals surface area (Å²) in [5.74, 6) is 0.0979. The number of anilines is 4. The molecule has 0 saturated carbocycles. The Morgan fingerprint density at radius 1 is 1.00 bits per heavy atom. The van der Waals surface area contributed by atoms with Gasteiger partial charge in [-0.1, -0.05) is 12.1 Å². The van der Waals surface area contributed by atoms with Crippen LogP contribution in [0.3, 0.4) is 0 Å². The topological polar surface area (TPSA) is 88.1 Å². The second kappa shape index (κ2) is 9.25. The van der Waals surface area contributed by atoms with Gasteiger partial charge in [-0.05, 0) is 30.3 Å². The summed E-state index contributed by atoms with van der Waals surface area (Å²) in [5.41, 5.74) is 2.30. The zero-order chi connectivity index (χ0) is 21.6. The molecule has 3 aromatic rings. The van der Waals surface area contributed by atoms with Crippen molar-refractivity contribution in [2.75, 3.05) is 36.2 Å². The lowest BCUT2D eigenvalue weighted by molar-refractivity contribution is -0.154. The minimum atomic E-state index is -4.51. The number of halogens is 3. The number of alkyl halides is 3. The molecule has 0 aliphatic heterocycles. The average Bonchev–Trinajstić information content (AvgIpc) is 2.71. The molecule has 0 atom stereocenters. The molecule has 30 heavy (non-hydrogen) atoms. The van der Waals surface area contributed by atoms with Gasteiger partial charge in [0.05, 0.1) is 12.2 Å². The lowest BCUT2D eigenvalue weighted by Crippen LogP contribution is -2.21. The van der Waals surface area contributed by atoms with E-state index in [1.54, 1.807) is 24.4 Å². The summed E-state index contributed by atoms with van der Waals surface area (Å²) in [6.07, 6.45) is -2.88. The third kappa shape index (κ3) is 6.47. The highest BCUT2D eigenvalue weighted by atomic mass is 19.4. The molecule has 0 aliphatic rings. The number of aromatic nitrogens is 4. The van der Waals surface area contributed by atoms with Crippen molar-refractivity contribution >= 4 is 23.3 Å². The number of benzene rings is 1. The quantitative estimate of drug-likeness (QED) is 0.572. The molecule has 2 heterocycles. The number of nitrogens with one attached hydrogen (secondary N) is 2. The van der Waals surface area contributed by atoms with E-state index in [2.05, 4.69) is 30.6 Å². The van der Waals surface area contributed by atoms with Crippen LogP contribution in [0.1, 0.15) is 5.69 Å². The Morgan fingerprint density at radius 3 is 2.50 bits per heavy atom. The van der Waals surface area contributed by atoms with Crippen LogP contribution in [-0.4, -0.2) is 46.8 Å². The highest BCUT2D eigenvalue weighted by molar-refractivity contribution is 5.62. The first-order valence-corrected chi connectivity index (χ1v) is 8.92. The monoisotopic (exact) mass is 419 g/mol. The first kappa shape index (κ1) is 21.1. The molecule has 0 saturated heterocycles. The molecule has 8 nitrogen and oxygen atoms in total. The predicted octanol–water partition coefficient (Wildman–Crippen LogP) is 3.63. The first-order valence-electron chi connectivity index (χ1n) is 8.92. The highest BCUT2D eigenvalue weighted by Gasteiger charge is 2.29. The Kier molecular flexibility index (Phi) is 6.50. The van der Waals surface area contributed by atoms with E-state index in [4.69, 9.17) is 4.74 Å². The van der Waals surface area contributed by atoms with Crippen molar-refractivity contribution in [1.29, 1.82) is 0 Å². The van der Waals surface area contributed by atoms with Crippen LogP contribution < -0.4 is 20.3 Å². The van der Waals surface area contributed by atoms with Gasteiger partial charge in [0.15, 0.2) is 6.61 Å². The van der Waals surface area contributed by atoms with Gasteiger partial charge in [-0.15, -0.1) is 0 Å². The summed E-state index contributed by atoms with van der Waals surface area (Å²) in [4.78, 5) is 18.1. The average molecular weight is 419 g/mol. The predicted molar refractivity (Wildman–Crippen MR) is 107 cm³/mol. The van der Waals surface area contributed by atoms with Crippen LogP contribution in [0.2, 0.25) is 0 Å². The molecule has 11 heteroatoms. The van der Waals surface area contributed by atoms with Crippen LogP contribution in [0.5, 0.6) is 6.01 Å². The van der Waals surface area contributed by atoms with Crippen molar-refractivity contribution in [2.45, 2.75) is 12.7 Å². The van der Waals surface area contributed by atoms with E-state index in [-0.39, 0.29) is 18.4 Å². The maximum Gasteiger partial charge on any atom is 0.422 e. The van der Waals surface area contributed by atoms with E-state index in [0.29, 0.717) is 11.4 Å². The molecule has 0 aliphatic carbocycles. The van der Waals surface area contributed by atoms with Gasteiger partial charge in [-0.3, -0.25) is 4.98 Å². The standard InChI is InChI=1S/C19H20F3N7O/c1-29(2)15-8-5-7-13(10-15)25-17-26-16(24-11-14-6-3-4-9-23-14)27-18(28-17)30-12-19(20,21)22/h3-10H,11-12H2,1-2H3,(H2,24,25,26,27,28). The lowest BCUT2D eigenvalue weighted by atomic mass is 10.2. The van der Waals surface area contributed by atoms with Gasteiger partial charge in [0, 0.05) is 31.7 Å². The van der Waals surface area contributed by atoms with Crippen LogP contribution in [0.25, 0.3) is 0 Å². The zero-order valence-corrected chi connectivity index (χ0v) is 16.3. The first-order chi connectivity index (χ1) is 14.3. The molecule has 2 aromatic heterocycles. The third-order valence-electron chi connectivity index (χ3n) is 3.75. The van der Waals surface area contributed by atoms with Crippen LogP contribution in [-0.2, 0) is 6.54 Å². The Morgan fingerprint density at radius 2 is 1.80 bits per heavy atom. The number of hydrogen-bond acceptors (Lipinski definition) is 8. The molecule has 0 amide bonds. The maximum atomic E-state index is 12.5. The van der Waals surface area contributed by atoms with Gasteiger partial charge in [-0.2, -0.15) is 28.1 Å². The molecular weight excluding hydrogens is 399 g/mol. The summed E-state index contributed by atoms with van der Waals surface area (Å²) in [6.45, 7) is -1.23. The number of ether oxygens (including phenoxy) is 1. The fourth-order valence-corrected chi connectivity index (χ4v) is 2.37. The van der Waals surface area contributed by atoms with Crippen molar-refractivity contribution in [3.63, 3.8) is 0 Å². The zero-order valence-electron chi connectivity index (χ0n) is 16.3. The third-order valence-corrected chi connectivity index (χ3v) is 3.75. The van der Waals surface area contributed by atoms with Crippen LogP contribution in [0.4, 0.5) is 36.4 Å². The molecule has 0 spiro atoms. The SMILES string of the molecule is CN(C)c1cccc(Nc2nc(NCc3ccccn3)nc(OCC(F)(F)F)n2)c1. The number of nitrogens with zero attached hydrogens (tertiary/aromatic N) is 5. The van der Waals surface area contributed by atoms with E-state index in [1.807, 2.05) is 43.3 Å². The molecule has 0 fully saturated rings. The molecule has 1 aromatic carbocycles. The van der Waals surface area contributed by atoms with Crippen molar-refractivity contribution in [1.82, 2.24) is 19.9 Å². The molecule has 158 valence electrons. The van der Waals surface area contributed by atoms with Gasteiger partial charge in [0.2, 0.25) is 11.9 Å². The van der Waals surface area contributed by atoms with Gasteiger partial charge >= 0.3 is 12.2 Å². The van der Waals surface area contributed by atoms with Crippen molar-refractivity contribution in [2.24, 2.45) is 0 Å². The lowest BCUT2D eigenvalue weighted by Gasteiger charge is -2.15. The fourth-order valence-electron chi connectivity index (χ4n) is 2.37. The molecule has 0 unspecified atom stereocenters. The molecule has 0 bridgehead atoms. The van der Waals surface area contributed by atoms with E-state index in [0.717, 1.165) is 5.69 Å². The minimum absolute atomic E-state index is 0.0431. The Labute approximate surface area is 171 Å². The summed E-state index contributed by atoms with van der Waals surface area (Å²) in [6, 6.07) is 12.3. The van der Waals surface area contributed by atoms with E-state index >= 15 is 0 Å². The Hall–Kier alpha value is -3.63. The fraction of sp³-hybridized carbons (Fsp3) is 0.263.